The summed E-state index contributed by atoms with van der Waals surface area (Å²) in [5.74, 6) is -0.268. The molecule has 2 N–H and O–H groups in total. The summed E-state index contributed by atoms with van der Waals surface area (Å²) in [7, 11) is 0. The van der Waals surface area contributed by atoms with E-state index >= 15 is 0 Å². The Bertz CT molecular complexity index is 1570. The zero-order valence-electron chi connectivity index (χ0n) is 20.5. The lowest BCUT2D eigenvalue weighted by Crippen LogP contribution is -2.38. The molecule has 1 saturated heterocycles. The highest BCUT2D eigenvalue weighted by molar-refractivity contribution is 7.12. The molecular weight excluding hydrogens is 482 g/mol. The van der Waals surface area contributed by atoms with Gasteiger partial charge in [0.25, 0.3) is 0 Å². The van der Waals surface area contributed by atoms with Gasteiger partial charge in [-0.3, -0.25) is 9.97 Å². The van der Waals surface area contributed by atoms with Gasteiger partial charge in [-0.25, -0.2) is 9.78 Å². The Labute approximate surface area is 219 Å². The van der Waals surface area contributed by atoms with E-state index in [1.807, 2.05) is 54.9 Å². The Morgan fingerprint density at radius 1 is 1.08 bits per heavy atom. The molecule has 5 aromatic rings. The van der Waals surface area contributed by atoms with Crippen LogP contribution in [0.2, 0.25) is 0 Å². The molecule has 1 aliphatic heterocycles. The molecule has 4 aromatic heterocycles. The Morgan fingerprint density at radius 2 is 2.00 bits per heavy atom. The van der Waals surface area contributed by atoms with Crippen LogP contribution in [0.4, 0.5) is 0 Å². The summed E-state index contributed by atoms with van der Waals surface area (Å²) in [5, 5.41) is 6.40. The standard InChI is InChI=1S/C29H27N5O2S/c1-18-5-4-7-25(34-18)28-27(32-17-33-28)19-8-9-24-20(11-19)12-21(14-31-24)22-13-26(37-16-22)29(35)36-15-23-6-2-3-10-30-23/h4-5,7-9,11-14,16-17,23,30H,2-3,6,10,15H2,1H3,(H,32,33)/t23-/m0/s1. The molecule has 0 aliphatic carbocycles. The van der Waals surface area contributed by atoms with E-state index in [1.54, 1.807) is 6.33 Å². The monoisotopic (exact) mass is 509 g/mol. The third-order valence-electron chi connectivity index (χ3n) is 6.70. The van der Waals surface area contributed by atoms with Crippen molar-refractivity contribution in [2.45, 2.75) is 32.2 Å². The largest absolute Gasteiger partial charge is 0.460 e. The fraction of sp³-hybridized carbons (Fsp3) is 0.241. The second-order valence-corrected chi connectivity index (χ2v) is 10.3. The van der Waals surface area contributed by atoms with Crippen LogP contribution in [0.5, 0.6) is 0 Å². The van der Waals surface area contributed by atoms with Gasteiger partial charge in [-0.1, -0.05) is 18.6 Å². The molecular formula is C29H27N5O2S. The Hall–Kier alpha value is -3.88. The van der Waals surface area contributed by atoms with Crippen LogP contribution < -0.4 is 5.32 Å². The minimum atomic E-state index is -0.268. The predicted octanol–water partition coefficient (Wildman–Crippen LogP) is 6.02. The van der Waals surface area contributed by atoms with E-state index < -0.39 is 0 Å². The molecule has 6 rings (SSSR count). The molecule has 8 heteroatoms. The SMILES string of the molecule is Cc1cccc(-c2[nH]cnc2-c2ccc3ncc(-c4csc(C(=O)OC[C@@H]5CCCCN5)c4)cc3c2)n1. The summed E-state index contributed by atoms with van der Waals surface area (Å²) in [6.45, 7) is 3.39. The normalized spacial score (nSPS) is 15.6. The molecule has 0 amide bonds. The van der Waals surface area contributed by atoms with Crippen LogP contribution in [-0.2, 0) is 4.74 Å². The van der Waals surface area contributed by atoms with Gasteiger partial charge in [0, 0.05) is 34.4 Å². The zero-order chi connectivity index (χ0) is 25.2. The molecule has 7 nitrogen and oxygen atoms in total. The van der Waals surface area contributed by atoms with Crippen molar-refractivity contribution in [2.75, 3.05) is 13.2 Å². The fourth-order valence-corrected chi connectivity index (χ4v) is 5.54. The number of carbonyl (C=O) groups is 1. The Balaban J connectivity index is 1.24. The number of rotatable bonds is 6. The van der Waals surface area contributed by atoms with Crippen molar-refractivity contribution in [2.24, 2.45) is 0 Å². The van der Waals surface area contributed by atoms with Gasteiger partial charge in [0.2, 0.25) is 0 Å². The maximum absolute atomic E-state index is 12.6. The third kappa shape index (κ3) is 5.03. The van der Waals surface area contributed by atoms with Crippen molar-refractivity contribution >= 4 is 28.2 Å². The van der Waals surface area contributed by atoms with Gasteiger partial charge >= 0.3 is 5.97 Å². The van der Waals surface area contributed by atoms with Crippen LogP contribution in [0.15, 0.2) is 66.4 Å². The summed E-state index contributed by atoms with van der Waals surface area (Å²) in [6, 6.07) is 16.3. The van der Waals surface area contributed by atoms with E-state index in [0.717, 1.165) is 63.3 Å². The van der Waals surface area contributed by atoms with Crippen LogP contribution in [0.25, 0.3) is 44.7 Å². The number of hydrogen-bond acceptors (Lipinski definition) is 7. The summed E-state index contributed by atoms with van der Waals surface area (Å²) in [4.78, 5) is 30.4. The first kappa shape index (κ1) is 23.5. The van der Waals surface area contributed by atoms with Gasteiger partial charge in [-0.05, 0) is 73.7 Å². The second-order valence-electron chi connectivity index (χ2n) is 9.37. The lowest BCUT2D eigenvalue weighted by Gasteiger charge is -2.22. The van der Waals surface area contributed by atoms with Crippen LogP contribution in [0.1, 0.15) is 34.6 Å². The molecule has 1 aromatic carbocycles. The number of pyridine rings is 2. The topological polar surface area (TPSA) is 92.8 Å². The maximum atomic E-state index is 12.6. The van der Waals surface area contributed by atoms with E-state index in [1.165, 1.54) is 24.2 Å². The minimum Gasteiger partial charge on any atom is -0.460 e. The van der Waals surface area contributed by atoms with Crippen LogP contribution in [0.3, 0.4) is 0 Å². The van der Waals surface area contributed by atoms with Crippen molar-refractivity contribution in [1.29, 1.82) is 0 Å². The number of fused-ring (bicyclic) bond motifs is 1. The van der Waals surface area contributed by atoms with Gasteiger partial charge in [-0.15, -0.1) is 11.3 Å². The molecule has 0 unspecified atom stereocenters. The maximum Gasteiger partial charge on any atom is 0.348 e. The Morgan fingerprint density at radius 3 is 2.86 bits per heavy atom. The number of hydrogen-bond donors (Lipinski definition) is 2. The number of imidazole rings is 1. The number of esters is 1. The number of benzene rings is 1. The van der Waals surface area contributed by atoms with Crippen LogP contribution >= 0.6 is 11.3 Å². The highest BCUT2D eigenvalue weighted by atomic mass is 32.1. The molecule has 1 aliphatic rings. The van der Waals surface area contributed by atoms with E-state index in [4.69, 9.17) is 4.74 Å². The van der Waals surface area contributed by atoms with Gasteiger partial charge in [0.15, 0.2) is 0 Å². The van der Waals surface area contributed by atoms with Gasteiger partial charge < -0.3 is 15.0 Å². The van der Waals surface area contributed by atoms with E-state index in [9.17, 15) is 4.79 Å². The summed E-state index contributed by atoms with van der Waals surface area (Å²) in [5.41, 5.74) is 7.33. The van der Waals surface area contributed by atoms with Gasteiger partial charge in [-0.2, -0.15) is 0 Å². The minimum absolute atomic E-state index is 0.257. The summed E-state index contributed by atoms with van der Waals surface area (Å²) < 4.78 is 5.58. The number of piperidine rings is 1. The fourth-order valence-electron chi connectivity index (χ4n) is 4.74. The highest BCUT2D eigenvalue weighted by Crippen LogP contribution is 2.32. The van der Waals surface area contributed by atoms with E-state index in [0.29, 0.717) is 11.5 Å². The first-order chi connectivity index (χ1) is 18.1. The number of nitrogens with zero attached hydrogens (tertiary/aromatic N) is 3. The lowest BCUT2D eigenvalue weighted by molar-refractivity contribution is 0.0457. The van der Waals surface area contributed by atoms with Crippen molar-refractivity contribution in [3.8, 4) is 33.8 Å². The third-order valence-corrected chi connectivity index (χ3v) is 7.61. The Kier molecular flexibility index (Phi) is 6.51. The molecule has 0 saturated carbocycles. The van der Waals surface area contributed by atoms with Crippen molar-refractivity contribution in [1.82, 2.24) is 25.3 Å². The first-order valence-corrected chi connectivity index (χ1v) is 13.4. The predicted molar refractivity (Wildman–Crippen MR) is 147 cm³/mol. The quantitative estimate of drug-likeness (QED) is 0.272. The number of carbonyl (C=O) groups excluding carboxylic acids is 1. The van der Waals surface area contributed by atoms with Crippen molar-refractivity contribution in [3.63, 3.8) is 0 Å². The van der Waals surface area contributed by atoms with Crippen molar-refractivity contribution in [3.05, 3.63) is 77.0 Å². The number of aromatic nitrogens is 4. The molecule has 186 valence electrons. The molecule has 0 spiro atoms. The number of nitrogens with one attached hydrogen (secondary N) is 2. The van der Waals surface area contributed by atoms with Gasteiger partial charge in [0.1, 0.15) is 11.5 Å². The number of H-pyrrole nitrogens is 1. The molecule has 37 heavy (non-hydrogen) atoms. The van der Waals surface area contributed by atoms with Crippen LogP contribution in [0, 0.1) is 6.92 Å². The smallest absolute Gasteiger partial charge is 0.348 e. The average molecular weight is 510 g/mol. The van der Waals surface area contributed by atoms with Crippen LogP contribution in [-0.4, -0.2) is 45.1 Å². The zero-order valence-corrected chi connectivity index (χ0v) is 21.3. The average Bonchev–Trinajstić information content (AvgIpc) is 3.62. The molecule has 0 bridgehead atoms. The number of thiophene rings is 1. The molecule has 1 fully saturated rings. The summed E-state index contributed by atoms with van der Waals surface area (Å²) in [6.07, 6.45) is 6.97. The summed E-state index contributed by atoms with van der Waals surface area (Å²) >= 11 is 1.40. The second kappa shape index (κ2) is 10.2. The van der Waals surface area contributed by atoms with Gasteiger partial charge in [0.05, 0.1) is 28.9 Å². The first-order valence-electron chi connectivity index (χ1n) is 12.5. The lowest BCUT2D eigenvalue weighted by atomic mass is 10.0. The molecule has 5 heterocycles. The molecule has 1 atom stereocenters. The van der Waals surface area contributed by atoms with E-state index in [2.05, 4.69) is 37.4 Å². The van der Waals surface area contributed by atoms with E-state index in [-0.39, 0.29) is 12.0 Å². The highest BCUT2D eigenvalue weighted by Gasteiger charge is 2.18. The molecule has 0 radical (unpaired) electrons. The number of aryl methyl sites for hydroxylation is 1. The number of ether oxygens (including phenoxy) is 1. The number of aromatic amines is 1. The van der Waals surface area contributed by atoms with Crippen molar-refractivity contribution < 1.29 is 9.53 Å².